The van der Waals surface area contributed by atoms with Gasteiger partial charge in [-0.1, -0.05) is 0 Å². The van der Waals surface area contributed by atoms with Gasteiger partial charge in [0, 0.05) is 40.3 Å². The predicted molar refractivity (Wildman–Crippen MR) is 81.6 cm³/mol. The zero-order chi connectivity index (χ0) is 15.6. The molecule has 0 radical (unpaired) electrons. The summed E-state index contributed by atoms with van der Waals surface area (Å²) >= 11 is 0. The molecule has 1 saturated heterocycles. The first-order valence-corrected chi connectivity index (χ1v) is 7.83. The summed E-state index contributed by atoms with van der Waals surface area (Å²) in [4.78, 5) is 30.0. The van der Waals surface area contributed by atoms with Gasteiger partial charge in [0.05, 0.1) is 12.1 Å². The summed E-state index contributed by atoms with van der Waals surface area (Å²) in [5, 5.41) is 0. The fourth-order valence-corrected chi connectivity index (χ4v) is 2.86. The highest BCUT2D eigenvalue weighted by atomic mass is 16.2. The minimum atomic E-state index is -0.714. The summed E-state index contributed by atoms with van der Waals surface area (Å²) in [6, 6.07) is 0. The van der Waals surface area contributed by atoms with Crippen LogP contribution in [0, 0.1) is 5.92 Å². The zero-order valence-corrected chi connectivity index (χ0v) is 13.5. The molecule has 2 amide bonds. The summed E-state index contributed by atoms with van der Waals surface area (Å²) in [7, 11) is 3.54. The SMILES string of the molecule is CN(C)C(=O)CN1CCCN(C(=O)C(C)(N)C2CC2)CC1. The maximum absolute atomic E-state index is 12.6. The second kappa shape index (κ2) is 6.32. The van der Waals surface area contributed by atoms with Crippen LogP contribution in [0.3, 0.4) is 0 Å². The molecule has 6 heteroatoms. The van der Waals surface area contributed by atoms with Gasteiger partial charge in [-0.3, -0.25) is 14.5 Å². The van der Waals surface area contributed by atoms with E-state index >= 15 is 0 Å². The summed E-state index contributed by atoms with van der Waals surface area (Å²) in [6.45, 7) is 5.30. The van der Waals surface area contributed by atoms with Crippen LogP contribution in [-0.4, -0.2) is 78.9 Å². The average molecular weight is 296 g/mol. The van der Waals surface area contributed by atoms with Crippen molar-refractivity contribution in [3.05, 3.63) is 0 Å². The summed E-state index contributed by atoms with van der Waals surface area (Å²) in [5.74, 6) is 0.530. The Hall–Kier alpha value is -1.14. The molecule has 1 heterocycles. The lowest BCUT2D eigenvalue weighted by Gasteiger charge is -2.31. The maximum atomic E-state index is 12.6. The van der Waals surface area contributed by atoms with Gasteiger partial charge in [-0.25, -0.2) is 0 Å². The van der Waals surface area contributed by atoms with Gasteiger partial charge in [0.1, 0.15) is 0 Å². The van der Waals surface area contributed by atoms with Crippen LogP contribution in [0.5, 0.6) is 0 Å². The van der Waals surface area contributed by atoms with E-state index in [0.717, 1.165) is 38.9 Å². The fourth-order valence-electron chi connectivity index (χ4n) is 2.86. The van der Waals surface area contributed by atoms with E-state index in [2.05, 4.69) is 4.90 Å². The van der Waals surface area contributed by atoms with Gasteiger partial charge in [-0.2, -0.15) is 0 Å². The smallest absolute Gasteiger partial charge is 0.242 e. The number of nitrogens with two attached hydrogens (primary N) is 1. The first-order valence-electron chi connectivity index (χ1n) is 7.83. The van der Waals surface area contributed by atoms with Gasteiger partial charge in [-0.05, 0) is 32.1 Å². The monoisotopic (exact) mass is 296 g/mol. The van der Waals surface area contributed by atoms with E-state index in [4.69, 9.17) is 5.73 Å². The lowest BCUT2D eigenvalue weighted by Crippen LogP contribution is -2.55. The normalized spacial score (nSPS) is 23.3. The molecule has 1 atom stereocenters. The van der Waals surface area contributed by atoms with Gasteiger partial charge in [0.25, 0.3) is 0 Å². The van der Waals surface area contributed by atoms with E-state index in [1.54, 1.807) is 19.0 Å². The average Bonchev–Trinajstić information content (AvgIpc) is 3.25. The molecule has 120 valence electrons. The molecule has 2 N–H and O–H groups in total. The number of likely N-dealkylation sites (N-methyl/N-ethyl adjacent to an activating group) is 1. The summed E-state index contributed by atoms with van der Waals surface area (Å²) in [5.41, 5.74) is 5.52. The molecule has 0 bridgehead atoms. The first kappa shape index (κ1) is 16.2. The van der Waals surface area contributed by atoms with Crippen LogP contribution in [0.15, 0.2) is 0 Å². The van der Waals surface area contributed by atoms with E-state index < -0.39 is 5.54 Å². The molecule has 1 unspecified atom stereocenters. The topological polar surface area (TPSA) is 69.9 Å². The van der Waals surface area contributed by atoms with Gasteiger partial charge < -0.3 is 15.5 Å². The number of rotatable bonds is 4. The van der Waals surface area contributed by atoms with Crippen LogP contribution < -0.4 is 5.73 Å². The Morgan fingerprint density at radius 3 is 2.43 bits per heavy atom. The Morgan fingerprint density at radius 2 is 1.86 bits per heavy atom. The van der Waals surface area contributed by atoms with E-state index in [-0.39, 0.29) is 11.8 Å². The molecule has 0 spiro atoms. The molecule has 2 fully saturated rings. The maximum Gasteiger partial charge on any atom is 0.242 e. The molecule has 21 heavy (non-hydrogen) atoms. The molecular formula is C15H28N4O2. The Kier molecular flexibility index (Phi) is 4.88. The fraction of sp³-hybridized carbons (Fsp3) is 0.867. The van der Waals surface area contributed by atoms with E-state index in [9.17, 15) is 9.59 Å². The van der Waals surface area contributed by atoms with Crippen LogP contribution in [-0.2, 0) is 9.59 Å². The third-order valence-electron chi connectivity index (χ3n) is 4.62. The van der Waals surface area contributed by atoms with Gasteiger partial charge in [-0.15, -0.1) is 0 Å². The highest BCUT2D eigenvalue weighted by molar-refractivity contribution is 5.86. The van der Waals surface area contributed by atoms with E-state index in [1.807, 2.05) is 11.8 Å². The van der Waals surface area contributed by atoms with Crippen molar-refractivity contribution in [2.75, 3.05) is 46.8 Å². The van der Waals surface area contributed by atoms with Crippen molar-refractivity contribution in [1.82, 2.24) is 14.7 Å². The van der Waals surface area contributed by atoms with E-state index in [0.29, 0.717) is 19.0 Å². The molecule has 1 aliphatic carbocycles. The van der Waals surface area contributed by atoms with Crippen LogP contribution in [0.2, 0.25) is 0 Å². The molecule has 6 nitrogen and oxygen atoms in total. The third kappa shape index (κ3) is 3.95. The first-order chi connectivity index (χ1) is 9.82. The Balaban J connectivity index is 1.88. The number of hydrogen-bond acceptors (Lipinski definition) is 4. The van der Waals surface area contributed by atoms with Crippen molar-refractivity contribution >= 4 is 11.8 Å². The van der Waals surface area contributed by atoms with Crippen molar-refractivity contribution in [2.24, 2.45) is 11.7 Å². The molecular weight excluding hydrogens is 268 g/mol. The second-order valence-corrected chi connectivity index (χ2v) is 6.77. The number of amides is 2. The van der Waals surface area contributed by atoms with Crippen LogP contribution in [0.25, 0.3) is 0 Å². The number of carbonyl (C=O) groups is 2. The Morgan fingerprint density at radius 1 is 1.19 bits per heavy atom. The number of nitrogens with zero attached hydrogens (tertiary/aromatic N) is 3. The molecule has 0 aromatic rings. The largest absolute Gasteiger partial charge is 0.348 e. The Labute approximate surface area is 127 Å². The van der Waals surface area contributed by atoms with Crippen molar-refractivity contribution in [3.63, 3.8) is 0 Å². The molecule has 2 aliphatic rings. The van der Waals surface area contributed by atoms with Gasteiger partial charge >= 0.3 is 0 Å². The summed E-state index contributed by atoms with van der Waals surface area (Å²) < 4.78 is 0. The van der Waals surface area contributed by atoms with Crippen LogP contribution in [0.4, 0.5) is 0 Å². The van der Waals surface area contributed by atoms with Crippen molar-refractivity contribution < 1.29 is 9.59 Å². The van der Waals surface area contributed by atoms with Gasteiger partial charge in [0.15, 0.2) is 0 Å². The van der Waals surface area contributed by atoms with Crippen molar-refractivity contribution in [2.45, 2.75) is 31.7 Å². The summed E-state index contributed by atoms with van der Waals surface area (Å²) in [6.07, 6.45) is 3.03. The molecule has 1 aliphatic heterocycles. The highest BCUT2D eigenvalue weighted by Gasteiger charge is 2.46. The lowest BCUT2D eigenvalue weighted by molar-refractivity contribution is -0.137. The second-order valence-electron chi connectivity index (χ2n) is 6.77. The minimum absolute atomic E-state index is 0.0748. The van der Waals surface area contributed by atoms with Crippen LogP contribution in [0.1, 0.15) is 26.2 Å². The van der Waals surface area contributed by atoms with Crippen molar-refractivity contribution in [1.29, 1.82) is 0 Å². The lowest BCUT2D eigenvalue weighted by atomic mass is 9.95. The zero-order valence-electron chi connectivity index (χ0n) is 13.5. The standard InChI is InChI=1S/C15H28N4O2/c1-15(16,12-5-6-12)14(21)19-8-4-7-18(9-10-19)11-13(20)17(2)3/h12H,4-11,16H2,1-3H3. The predicted octanol–water partition coefficient (Wildman–Crippen LogP) is -0.264. The number of hydrogen-bond donors (Lipinski definition) is 1. The van der Waals surface area contributed by atoms with E-state index in [1.165, 1.54) is 0 Å². The quantitative estimate of drug-likeness (QED) is 0.776. The van der Waals surface area contributed by atoms with Gasteiger partial charge in [0.2, 0.25) is 11.8 Å². The molecule has 0 aromatic carbocycles. The van der Waals surface area contributed by atoms with Crippen LogP contribution >= 0.6 is 0 Å². The molecule has 2 rings (SSSR count). The molecule has 1 saturated carbocycles. The highest BCUT2D eigenvalue weighted by Crippen LogP contribution is 2.39. The molecule has 0 aromatic heterocycles. The third-order valence-corrected chi connectivity index (χ3v) is 4.62. The number of carbonyl (C=O) groups excluding carboxylic acids is 2. The van der Waals surface area contributed by atoms with Crippen molar-refractivity contribution in [3.8, 4) is 0 Å². The minimum Gasteiger partial charge on any atom is -0.348 e. The Bertz CT molecular complexity index is 404.